The van der Waals surface area contributed by atoms with Gasteiger partial charge in [-0.05, 0) is 18.9 Å². The fourth-order valence-corrected chi connectivity index (χ4v) is 4.92. The molecule has 1 fully saturated rings. The molecule has 0 aliphatic carbocycles. The van der Waals surface area contributed by atoms with Crippen LogP contribution in [0.4, 0.5) is 11.4 Å². The van der Waals surface area contributed by atoms with Gasteiger partial charge in [0.15, 0.2) is 11.3 Å². The van der Waals surface area contributed by atoms with E-state index < -0.39 is 33.2 Å². The summed E-state index contributed by atoms with van der Waals surface area (Å²) in [5, 5.41) is 10.3. The van der Waals surface area contributed by atoms with Crippen LogP contribution in [0.15, 0.2) is 17.1 Å². The van der Waals surface area contributed by atoms with Crippen molar-refractivity contribution in [3.63, 3.8) is 0 Å². The number of methoxy groups -OCH3 is 1. The van der Waals surface area contributed by atoms with Gasteiger partial charge in [-0.1, -0.05) is 13.8 Å². The summed E-state index contributed by atoms with van der Waals surface area (Å²) in [5.41, 5.74) is -0.734. The van der Waals surface area contributed by atoms with E-state index in [1.165, 1.54) is 17.5 Å². The predicted octanol–water partition coefficient (Wildman–Crippen LogP) is 0.810. The zero-order chi connectivity index (χ0) is 22.9. The highest BCUT2D eigenvalue weighted by Gasteiger charge is 2.36. The Labute approximate surface area is 180 Å². The van der Waals surface area contributed by atoms with Crippen LogP contribution >= 0.6 is 0 Å². The Balaban J connectivity index is 2.38. The molecule has 3 rings (SSSR count). The molecule has 0 amide bonds. The lowest BCUT2D eigenvalue weighted by atomic mass is 10.2. The molecule has 0 spiro atoms. The molecule has 1 aliphatic rings. The number of aromatic nitrogens is 2. The molecule has 1 saturated heterocycles. The minimum atomic E-state index is -3.82. The van der Waals surface area contributed by atoms with Crippen molar-refractivity contribution in [3.05, 3.63) is 28.3 Å². The molecule has 0 saturated carbocycles. The van der Waals surface area contributed by atoms with E-state index in [1.54, 1.807) is 6.07 Å². The fourth-order valence-electron chi connectivity index (χ4n) is 3.58. The predicted molar refractivity (Wildman–Crippen MR) is 116 cm³/mol. The molecule has 11 nitrogen and oxygen atoms in total. The Bertz CT molecular complexity index is 1160. The molecule has 0 bridgehead atoms. The fraction of sp³-hybridized carbons (Fsp3) is 0.526. The molecule has 3 heterocycles. The first kappa shape index (κ1) is 22.8. The van der Waals surface area contributed by atoms with Crippen molar-refractivity contribution in [2.24, 2.45) is 0 Å². The van der Waals surface area contributed by atoms with E-state index in [0.717, 1.165) is 28.7 Å². The summed E-state index contributed by atoms with van der Waals surface area (Å²) in [7, 11) is -1.26. The quantitative estimate of drug-likeness (QED) is 0.611. The lowest BCUT2D eigenvalue weighted by molar-refractivity contribution is 0.0590. The van der Waals surface area contributed by atoms with Crippen molar-refractivity contribution in [1.82, 2.24) is 13.7 Å². The summed E-state index contributed by atoms with van der Waals surface area (Å²) in [6.45, 7) is 5.85. The number of rotatable bonds is 7. The standard InChI is InChI=1S/C19H27N5O6S/c1-5-7-22(8-6-2)13-11-14(24-10-9-21(3)31(24,28)29)17-20-15(19(27)30-4)16(25)18(26)23(17)12-13/h11-12,25H,5-10H2,1-4H3. The van der Waals surface area contributed by atoms with Gasteiger partial charge in [0, 0.05) is 39.4 Å². The summed E-state index contributed by atoms with van der Waals surface area (Å²) >= 11 is 0. The molecule has 0 aromatic carbocycles. The monoisotopic (exact) mass is 453 g/mol. The highest BCUT2D eigenvalue weighted by molar-refractivity contribution is 7.90. The number of carbonyl (C=O) groups excluding carboxylic acids is 1. The Kier molecular flexibility index (Phi) is 6.41. The normalized spacial score (nSPS) is 16.1. The van der Waals surface area contributed by atoms with Crippen LogP contribution in [0, 0.1) is 0 Å². The number of pyridine rings is 1. The van der Waals surface area contributed by atoms with Crippen molar-refractivity contribution in [2.75, 3.05) is 49.5 Å². The van der Waals surface area contributed by atoms with Crippen LogP contribution in [-0.4, -0.2) is 73.5 Å². The third-order valence-electron chi connectivity index (χ3n) is 5.16. The van der Waals surface area contributed by atoms with E-state index in [1.807, 2.05) is 18.7 Å². The smallest absolute Gasteiger partial charge is 0.360 e. The number of anilines is 2. The molecule has 170 valence electrons. The summed E-state index contributed by atoms with van der Waals surface area (Å²) in [4.78, 5) is 31.1. The number of nitrogens with zero attached hydrogens (tertiary/aromatic N) is 5. The van der Waals surface area contributed by atoms with Gasteiger partial charge in [0.2, 0.25) is 5.75 Å². The Hall–Kier alpha value is -2.86. The van der Waals surface area contributed by atoms with Crippen LogP contribution in [0.5, 0.6) is 5.75 Å². The molecule has 0 atom stereocenters. The van der Waals surface area contributed by atoms with Crippen LogP contribution in [-0.2, 0) is 14.9 Å². The van der Waals surface area contributed by atoms with Gasteiger partial charge >= 0.3 is 21.7 Å². The van der Waals surface area contributed by atoms with E-state index in [4.69, 9.17) is 0 Å². The minimum absolute atomic E-state index is 0.0567. The van der Waals surface area contributed by atoms with Crippen molar-refractivity contribution < 1.29 is 23.1 Å². The number of likely N-dealkylation sites (N-methyl/N-ethyl adjacent to an activating group) is 1. The summed E-state index contributed by atoms with van der Waals surface area (Å²) < 4.78 is 33.8. The van der Waals surface area contributed by atoms with Gasteiger partial charge in [0.1, 0.15) is 0 Å². The van der Waals surface area contributed by atoms with Crippen molar-refractivity contribution >= 4 is 33.2 Å². The number of ether oxygens (including phenoxy) is 1. The number of carbonyl (C=O) groups is 1. The third-order valence-corrected chi connectivity index (χ3v) is 7.06. The SMILES string of the molecule is CCCN(CCC)c1cc(N2CCN(C)S2(=O)=O)c2nc(C(=O)OC)c(O)c(=O)n2c1. The second-order valence-electron chi connectivity index (χ2n) is 7.27. The molecule has 0 unspecified atom stereocenters. The third kappa shape index (κ3) is 3.92. The van der Waals surface area contributed by atoms with Gasteiger partial charge in [-0.15, -0.1) is 0 Å². The van der Waals surface area contributed by atoms with E-state index in [2.05, 4.69) is 9.72 Å². The van der Waals surface area contributed by atoms with Gasteiger partial charge in [-0.25, -0.2) is 9.78 Å². The molecule has 1 N–H and O–H groups in total. The zero-order valence-electron chi connectivity index (χ0n) is 18.0. The molecule has 2 aromatic heterocycles. The molecule has 1 aliphatic heterocycles. The summed E-state index contributed by atoms with van der Waals surface area (Å²) in [6, 6.07) is 1.65. The average Bonchev–Trinajstić information content (AvgIpc) is 3.01. The first-order valence-electron chi connectivity index (χ1n) is 10.0. The lowest BCUT2D eigenvalue weighted by Crippen LogP contribution is -2.33. The maximum Gasteiger partial charge on any atom is 0.360 e. The van der Waals surface area contributed by atoms with Crippen molar-refractivity contribution in [1.29, 1.82) is 0 Å². The molecule has 12 heteroatoms. The Morgan fingerprint density at radius 1 is 1.26 bits per heavy atom. The van der Waals surface area contributed by atoms with Crippen LogP contribution < -0.4 is 14.8 Å². The van der Waals surface area contributed by atoms with Crippen molar-refractivity contribution in [3.8, 4) is 5.75 Å². The molecular weight excluding hydrogens is 426 g/mol. The summed E-state index contributed by atoms with van der Waals surface area (Å²) in [5.74, 6) is -1.85. The highest BCUT2D eigenvalue weighted by Crippen LogP contribution is 2.32. The number of fused-ring (bicyclic) bond motifs is 1. The maximum absolute atomic E-state index is 12.9. The van der Waals surface area contributed by atoms with Gasteiger partial charge in [-0.2, -0.15) is 12.7 Å². The Morgan fingerprint density at radius 2 is 1.90 bits per heavy atom. The van der Waals surface area contributed by atoms with Gasteiger partial charge in [-0.3, -0.25) is 13.5 Å². The van der Waals surface area contributed by atoms with E-state index in [0.29, 0.717) is 18.8 Å². The molecule has 0 radical (unpaired) electrons. The van der Waals surface area contributed by atoms with Gasteiger partial charge in [0.25, 0.3) is 0 Å². The lowest BCUT2D eigenvalue weighted by Gasteiger charge is -2.27. The highest BCUT2D eigenvalue weighted by atomic mass is 32.2. The second kappa shape index (κ2) is 8.71. The van der Waals surface area contributed by atoms with Crippen molar-refractivity contribution in [2.45, 2.75) is 26.7 Å². The van der Waals surface area contributed by atoms with Crippen LogP contribution in [0.1, 0.15) is 37.2 Å². The van der Waals surface area contributed by atoms with E-state index in [-0.39, 0.29) is 24.4 Å². The summed E-state index contributed by atoms with van der Waals surface area (Å²) in [6.07, 6.45) is 3.20. The van der Waals surface area contributed by atoms with E-state index in [9.17, 15) is 23.1 Å². The number of hydrogen-bond acceptors (Lipinski definition) is 8. The molecular formula is C19H27N5O6S. The number of hydrogen-bond donors (Lipinski definition) is 1. The number of esters is 1. The largest absolute Gasteiger partial charge is 0.501 e. The minimum Gasteiger partial charge on any atom is -0.501 e. The zero-order valence-corrected chi connectivity index (χ0v) is 18.8. The van der Waals surface area contributed by atoms with Gasteiger partial charge < -0.3 is 14.7 Å². The van der Waals surface area contributed by atoms with Crippen LogP contribution in [0.25, 0.3) is 5.65 Å². The number of aromatic hydroxyl groups is 1. The molecule has 2 aromatic rings. The van der Waals surface area contributed by atoms with Crippen LogP contribution in [0.2, 0.25) is 0 Å². The first-order chi connectivity index (χ1) is 14.7. The average molecular weight is 454 g/mol. The van der Waals surface area contributed by atoms with Gasteiger partial charge in [0.05, 0.1) is 18.5 Å². The maximum atomic E-state index is 12.9. The Morgan fingerprint density at radius 3 is 2.42 bits per heavy atom. The molecule has 31 heavy (non-hydrogen) atoms. The second-order valence-corrected chi connectivity index (χ2v) is 9.23. The topological polar surface area (TPSA) is 125 Å². The first-order valence-corrected chi connectivity index (χ1v) is 11.4. The van der Waals surface area contributed by atoms with Crippen LogP contribution in [0.3, 0.4) is 0 Å². The van der Waals surface area contributed by atoms with E-state index >= 15 is 0 Å².